The van der Waals surface area contributed by atoms with Crippen molar-refractivity contribution >= 4 is 10.9 Å². The van der Waals surface area contributed by atoms with Crippen LogP contribution in [0.1, 0.15) is 25.8 Å². The van der Waals surface area contributed by atoms with Gasteiger partial charge in [-0.25, -0.2) is 0 Å². The van der Waals surface area contributed by atoms with Gasteiger partial charge >= 0.3 is 0 Å². The first kappa shape index (κ1) is 14.5. The van der Waals surface area contributed by atoms with Crippen LogP contribution in [0.25, 0.3) is 10.9 Å². The number of pyridine rings is 1. The van der Waals surface area contributed by atoms with Gasteiger partial charge in [-0.05, 0) is 63.0 Å². The zero-order chi connectivity index (χ0) is 14.7. The van der Waals surface area contributed by atoms with Crippen LogP contribution in [0.5, 0.6) is 0 Å². The molecule has 0 amide bonds. The highest BCUT2D eigenvalue weighted by atomic mass is 15.2. The van der Waals surface area contributed by atoms with E-state index < -0.39 is 0 Å². The Morgan fingerprint density at radius 1 is 1.33 bits per heavy atom. The Bertz CT molecular complexity index is 594. The second-order valence-corrected chi connectivity index (χ2v) is 6.40. The molecule has 21 heavy (non-hydrogen) atoms. The topological polar surface area (TPSA) is 28.2 Å². The average Bonchev–Trinajstić information content (AvgIpc) is 2.96. The summed E-state index contributed by atoms with van der Waals surface area (Å²) in [7, 11) is 0. The van der Waals surface area contributed by atoms with Gasteiger partial charge in [0.25, 0.3) is 0 Å². The van der Waals surface area contributed by atoms with Crippen LogP contribution >= 0.6 is 0 Å². The summed E-state index contributed by atoms with van der Waals surface area (Å²) in [5.41, 5.74) is 2.42. The number of hydrogen-bond donors (Lipinski definition) is 1. The number of aromatic nitrogens is 1. The lowest BCUT2D eigenvalue weighted by Crippen LogP contribution is -2.30. The van der Waals surface area contributed by atoms with Gasteiger partial charge in [0.2, 0.25) is 0 Å². The van der Waals surface area contributed by atoms with Crippen LogP contribution in [0.15, 0.2) is 36.5 Å². The summed E-state index contributed by atoms with van der Waals surface area (Å²) in [6, 6.07) is 11.3. The van der Waals surface area contributed by atoms with Crippen LogP contribution in [-0.2, 0) is 6.54 Å². The average molecular weight is 283 g/mol. The zero-order valence-corrected chi connectivity index (χ0v) is 13.0. The van der Waals surface area contributed by atoms with Crippen LogP contribution in [0.4, 0.5) is 0 Å². The number of nitrogens with zero attached hydrogens (tertiary/aromatic N) is 2. The molecular formula is C18H25N3. The van der Waals surface area contributed by atoms with Gasteiger partial charge in [-0.3, -0.25) is 4.98 Å². The van der Waals surface area contributed by atoms with Gasteiger partial charge < -0.3 is 10.2 Å². The largest absolute Gasteiger partial charge is 0.312 e. The van der Waals surface area contributed by atoms with Gasteiger partial charge in [-0.2, -0.15) is 0 Å². The highest BCUT2D eigenvalue weighted by molar-refractivity contribution is 5.78. The minimum Gasteiger partial charge on any atom is -0.312 e. The van der Waals surface area contributed by atoms with E-state index in [1.54, 1.807) is 0 Å². The maximum atomic E-state index is 4.36. The fourth-order valence-electron chi connectivity index (χ4n) is 3.15. The molecule has 1 fully saturated rings. The number of fused-ring (bicyclic) bond motifs is 1. The number of hydrogen-bond acceptors (Lipinski definition) is 3. The molecule has 0 saturated carbocycles. The quantitative estimate of drug-likeness (QED) is 0.914. The van der Waals surface area contributed by atoms with E-state index in [2.05, 4.69) is 53.3 Å². The zero-order valence-electron chi connectivity index (χ0n) is 13.0. The maximum Gasteiger partial charge on any atom is 0.0702 e. The smallest absolute Gasteiger partial charge is 0.0702 e. The summed E-state index contributed by atoms with van der Waals surface area (Å²) < 4.78 is 0. The minimum atomic E-state index is 0.683. The molecule has 0 bridgehead atoms. The maximum absolute atomic E-state index is 4.36. The second kappa shape index (κ2) is 6.54. The third kappa shape index (κ3) is 3.60. The Balaban J connectivity index is 1.51. The predicted molar refractivity (Wildman–Crippen MR) is 88.3 cm³/mol. The molecule has 3 rings (SSSR count). The molecular weight excluding hydrogens is 258 g/mol. The molecule has 1 aliphatic rings. The summed E-state index contributed by atoms with van der Waals surface area (Å²) in [6.45, 7) is 9.15. The van der Waals surface area contributed by atoms with E-state index in [1.165, 1.54) is 30.5 Å². The summed E-state index contributed by atoms with van der Waals surface area (Å²) >= 11 is 0. The van der Waals surface area contributed by atoms with E-state index in [0.717, 1.165) is 24.5 Å². The fourth-order valence-corrected chi connectivity index (χ4v) is 3.15. The molecule has 2 heterocycles. The SMILES string of the molecule is CC(C)N1CCC(CNCc2ccc3ncccc3c2)C1. The van der Waals surface area contributed by atoms with Gasteiger partial charge in [0, 0.05) is 30.7 Å². The van der Waals surface area contributed by atoms with Crippen molar-refractivity contribution in [2.45, 2.75) is 32.9 Å². The minimum absolute atomic E-state index is 0.683. The predicted octanol–water partition coefficient (Wildman–Crippen LogP) is 3.05. The Hall–Kier alpha value is -1.45. The Kier molecular flexibility index (Phi) is 4.51. The van der Waals surface area contributed by atoms with Gasteiger partial charge in [-0.15, -0.1) is 0 Å². The van der Waals surface area contributed by atoms with E-state index in [4.69, 9.17) is 0 Å². The lowest BCUT2D eigenvalue weighted by molar-refractivity contribution is 0.264. The van der Waals surface area contributed by atoms with Crippen LogP contribution in [0.3, 0.4) is 0 Å². The summed E-state index contributed by atoms with van der Waals surface area (Å²) in [6.07, 6.45) is 3.17. The first-order chi connectivity index (χ1) is 10.2. The van der Waals surface area contributed by atoms with Crippen molar-refractivity contribution < 1.29 is 0 Å². The molecule has 1 aliphatic heterocycles. The van der Waals surface area contributed by atoms with Crippen LogP contribution in [0, 0.1) is 5.92 Å². The van der Waals surface area contributed by atoms with E-state index in [9.17, 15) is 0 Å². The Labute approximate surface area is 127 Å². The van der Waals surface area contributed by atoms with Crippen molar-refractivity contribution in [2.75, 3.05) is 19.6 Å². The van der Waals surface area contributed by atoms with Gasteiger partial charge in [0.05, 0.1) is 5.52 Å². The van der Waals surface area contributed by atoms with Crippen LogP contribution in [0.2, 0.25) is 0 Å². The standard InChI is InChI=1S/C18H25N3/c1-14(2)21-9-7-16(13-21)12-19-11-15-5-6-18-17(10-15)4-3-8-20-18/h3-6,8,10,14,16,19H,7,9,11-13H2,1-2H3. The third-order valence-corrected chi connectivity index (χ3v) is 4.48. The van der Waals surface area contributed by atoms with Crippen molar-refractivity contribution in [3.8, 4) is 0 Å². The molecule has 112 valence electrons. The number of rotatable bonds is 5. The van der Waals surface area contributed by atoms with Gasteiger partial charge in [0.15, 0.2) is 0 Å². The molecule has 1 aromatic carbocycles. The van der Waals surface area contributed by atoms with Crippen molar-refractivity contribution in [1.82, 2.24) is 15.2 Å². The van der Waals surface area contributed by atoms with Gasteiger partial charge in [0.1, 0.15) is 0 Å². The summed E-state index contributed by atoms with van der Waals surface area (Å²) in [5.74, 6) is 0.800. The number of benzene rings is 1. The molecule has 3 heteroatoms. The molecule has 0 radical (unpaired) electrons. The first-order valence-corrected chi connectivity index (χ1v) is 8.01. The fraction of sp³-hybridized carbons (Fsp3) is 0.500. The van der Waals surface area contributed by atoms with Crippen molar-refractivity contribution in [1.29, 1.82) is 0 Å². The van der Waals surface area contributed by atoms with Crippen molar-refractivity contribution in [3.63, 3.8) is 0 Å². The van der Waals surface area contributed by atoms with Crippen molar-refractivity contribution in [2.24, 2.45) is 5.92 Å². The van der Waals surface area contributed by atoms with E-state index >= 15 is 0 Å². The highest BCUT2D eigenvalue weighted by Gasteiger charge is 2.23. The third-order valence-electron chi connectivity index (χ3n) is 4.48. The van der Waals surface area contributed by atoms with Crippen molar-refractivity contribution in [3.05, 3.63) is 42.1 Å². The second-order valence-electron chi connectivity index (χ2n) is 6.40. The highest BCUT2D eigenvalue weighted by Crippen LogP contribution is 2.18. The summed E-state index contributed by atoms with van der Waals surface area (Å²) in [5, 5.41) is 4.85. The lowest BCUT2D eigenvalue weighted by Gasteiger charge is -2.20. The Morgan fingerprint density at radius 3 is 3.05 bits per heavy atom. The molecule has 1 atom stereocenters. The van der Waals surface area contributed by atoms with Gasteiger partial charge in [-0.1, -0.05) is 12.1 Å². The molecule has 1 N–H and O–H groups in total. The number of nitrogens with one attached hydrogen (secondary N) is 1. The summed E-state index contributed by atoms with van der Waals surface area (Å²) in [4.78, 5) is 6.94. The molecule has 3 nitrogen and oxygen atoms in total. The molecule has 0 spiro atoms. The van der Waals surface area contributed by atoms with E-state index in [-0.39, 0.29) is 0 Å². The molecule has 1 saturated heterocycles. The van der Waals surface area contributed by atoms with Crippen LogP contribution in [-0.4, -0.2) is 35.6 Å². The lowest BCUT2D eigenvalue weighted by atomic mass is 10.1. The number of likely N-dealkylation sites (tertiary alicyclic amines) is 1. The van der Waals surface area contributed by atoms with Crippen LogP contribution < -0.4 is 5.32 Å². The molecule has 1 unspecified atom stereocenters. The van der Waals surface area contributed by atoms with E-state index in [0.29, 0.717) is 6.04 Å². The normalized spacial score (nSPS) is 19.7. The monoisotopic (exact) mass is 283 g/mol. The molecule has 0 aliphatic carbocycles. The molecule has 1 aromatic heterocycles. The Morgan fingerprint density at radius 2 is 2.24 bits per heavy atom. The first-order valence-electron chi connectivity index (χ1n) is 8.01. The van der Waals surface area contributed by atoms with E-state index in [1.807, 2.05) is 12.3 Å². The molecule has 2 aromatic rings.